The topological polar surface area (TPSA) is 98.5 Å². The molecule has 0 aliphatic heterocycles. The third-order valence-corrected chi connectivity index (χ3v) is 5.59. The molecule has 154 valence electrons. The minimum absolute atomic E-state index is 0.0886. The third kappa shape index (κ3) is 5.11. The second-order valence-electron chi connectivity index (χ2n) is 6.23. The van der Waals surface area contributed by atoms with Crippen molar-refractivity contribution in [1.29, 1.82) is 0 Å². The number of ether oxygens (including phenoxy) is 1. The summed E-state index contributed by atoms with van der Waals surface area (Å²) in [4.78, 5) is 35.8. The van der Waals surface area contributed by atoms with E-state index in [2.05, 4.69) is 21.2 Å². The number of carbonyl (C=O) groups excluding carboxylic acids is 2. The predicted octanol–water partition coefficient (Wildman–Crippen LogP) is 5.44. The van der Waals surface area contributed by atoms with Gasteiger partial charge < -0.3 is 10.1 Å². The Bertz CT molecular complexity index is 1100. The number of benzene rings is 2. The van der Waals surface area contributed by atoms with E-state index in [4.69, 9.17) is 4.74 Å². The lowest BCUT2D eigenvalue weighted by molar-refractivity contribution is -0.384. The standard InChI is InChI=1S/C21H17BrN2O5S/c1-2-29-21(26)19-17(14-4-3-5-16(11-14)24(27)28)12-30-20(19)23-18(25)10-13-6-8-15(22)9-7-13/h3-9,11-12H,2,10H2,1H3,(H,23,25). The van der Waals surface area contributed by atoms with Crippen LogP contribution in [0.3, 0.4) is 0 Å². The van der Waals surface area contributed by atoms with Crippen LogP contribution in [0.4, 0.5) is 10.7 Å². The van der Waals surface area contributed by atoms with Gasteiger partial charge in [-0.25, -0.2) is 4.79 Å². The lowest BCUT2D eigenvalue weighted by atomic mass is 10.0. The third-order valence-electron chi connectivity index (χ3n) is 4.17. The average Bonchev–Trinajstić information content (AvgIpc) is 3.13. The van der Waals surface area contributed by atoms with Crippen LogP contribution in [0.15, 0.2) is 58.4 Å². The van der Waals surface area contributed by atoms with E-state index in [1.165, 1.54) is 23.5 Å². The molecule has 30 heavy (non-hydrogen) atoms. The molecule has 1 heterocycles. The van der Waals surface area contributed by atoms with Crippen molar-refractivity contribution in [2.24, 2.45) is 0 Å². The zero-order valence-electron chi connectivity index (χ0n) is 15.9. The lowest BCUT2D eigenvalue weighted by Gasteiger charge is -2.09. The molecule has 0 fully saturated rings. The molecule has 3 rings (SSSR count). The highest BCUT2D eigenvalue weighted by Gasteiger charge is 2.23. The van der Waals surface area contributed by atoms with Gasteiger partial charge in [0.25, 0.3) is 5.69 Å². The second-order valence-corrected chi connectivity index (χ2v) is 8.03. The van der Waals surface area contributed by atoms with Crippen molar-refractivity contribution in [3.63, 3.8) is 0 Å². The summed E-state index contributed by atoms with van der Waals surface area (Å²) in [5.74, 6) is -0.880. The van der Waals surface area contributed by atoms with Crippen molar-refractivity contribution >= 4 is 49.8 Å². The first-order valence-corrected chi connectivity index (χ1v) is 10.6. The van der Waals surface area contributed by atoms with E-state index >= 15 is 0 Å². The van der Waals surface area contributed by atoms with E-state index in [0.29, 0.717) is 16.1 Å². The Balaban J connectivity index is 1.92. The van der Waals surface area contributed by atoms with Gasteiger partial charge in [0.15, 0.2) is 0 Å². The molecule has 0 aliphatic rings. The van der Waals surface area contributed by atoms with Crippen LogP contribution < -0.4 is 5.32 Å². The van der Waals surface area contributed by atoms with E-state index in [-0.39, 0.29) is 30.2 Å². The highest BCUT2D eigenvalue weighted by molar-refractivity contribution is 9.10. The number of nitrogens with one attached hydrogen (secondary N) is 1. The summed E-state index contributed by atoms with van der Waals surface area (Å²) in [6.07, 6.45) is 0.138. The smallest absolute Gasteiger partial charge is 0.341 e. The Morgan fingerprint density at radius 3 is 2.60 bits per heavy atom. The van der Waals surface area contributed by atoms with E-state index in [9.17, 15) is 19.7 Å². The molecule has 0 bridgehead atoms. The number of hydrogen-bond donors (Lipinski definition) is 1. The summed E-state index contributed by atoms with van der Waals surface area (Å²) in [6.45, 7) is 1.85. The number of anilines is 1. The minimum Gasteiger partial charge on any atom is -0.462 e. The molecule has 1 amide bonds. The van der Waals surface area contributed by atoms with Gasteiger partial charge in [0.2, 0.25) is 5.91 Å². The maximum Gasteiger partial charge on any atom is 0.341 e. The van der Waals surface area contributed by atoms with Gasteiger partial charge in [0, 0.05) is 27.5 Å². The highest BCUT2D eigenvalue weighted by Crippen LogP contribution is 2.37. The number of nitro benzene ring substituents is 1. The van der Waals surface area contributed by atoms with E-state index < -0.39 is 10.9 Å². The molecule has 0 saturated heterocycles. The predicted molar refractivity (Wildman–Crippen MR) is 119 cm³/mol. The van der Waals surface area contributed by atoms with E-state index in [1.807, 2.05) is 24.3 Å². The van der Waals surface area contributed by atoms with Crippen molar-refractivity contribution in [2.45, 2.75) is 13.3 Å². The van der Waals surface area contributed by atoms with E-state index in [1.54, 1.807) is 24.4 Å². The Hall–Kier alpha value is -3.04. The summed E-state index contributed by atoms with van der Waals surface area (Å²) in [5, 5.41) is 15.9. The first-order chi connectivity index (χ1) is 14.4. The quantitative estimate of drug-likeness (QED) is 0.271. The van der Waals surface area contributed by atoms with Crippen molar-refractivity contribution in [1.82, 2.24) is 0 Å². The van der Waals surface area contributed by atoms with Crippen LogP contribution in [-0.4, -0.2) is 23.4 Å². The monoisotopic (exact) mass is 488 g/mol. The summed E-state index contributed by atoms with van der Waals surface area (Å²) >= 11 is 4.52. The number of nitro groups is 1. The molecule has 1 aromatic heterocycles. The molecule has 9 heteroatoms. The van der Waals surface area contributed by atoms with Gasteiger partial charge in [0.05, 0.1) is 18.0 Å². The highest BCUT2D eigenvalue weighted by atomic mass is 79.9. The van der Waals surface area contributed by atoms with Crippen LogP contribution in [0.1, 0.15) is 22.8 Å². The largest absolute Gasteiger partial charge is 0.462 e. The summed E-state index contributed by atoms with van der Waals surface area (Å²) in [5.41, 5.74) is 1.89. The van der Waals surface area contributed by atoms with Crippen molar-refractivity contribution < 1.29 is 19.2 Å². The molecule has 2 aromatic carbocycles. The zero-order valence-corrected chi connectivity index (χ0v) is 18.3. The fourth-order valence-corrected chi connectivity index (χ4v) is 4.05. The molecule has 0 atom stereocenters. The van der Waals surface area contributed by atoms with Crippen LogP contribution in [0, 0.1) is 10.1 Å². The lowest BCUT2D eigenvalue weighted by Crippen LogP contribution is -2.16. The number of thiophene rings is 1. The SMILES string of the molecule is CCOC(=O)c1c(-c2cccc([N+](=O)[O-])c2)csc1NC(=O)Cc1ccc(Br)cc1. The van der Waals surface area contributed by atoms with Crippen molar-refractivity contribution in [3.8, 4) is 11.1 Å². The number of nitrogens with zero attached hydrogens (tertiary/aromatic N) is 1. The number of carbonyl (C=O) groups is 2. The fraction of sp³-hybridized carbons (Fsp3) is 0.143. The molecule has 0 spiro atoms. The van der Waals surface area contributed by atoms with Gasteiger partial charge in [-0.3, -0.25) is 14.9 Å². The van der Waals surface area contributed by atoms with Gasteiger partial charge in [0.1, 0.15) is 10.6 Å². The van der Waals surface area contributed by atoms with Gasteiger partial charge in [-0.15, -0.1) is 11.3 Å². The van der Waals surface area contributed by atoms with Crippen LogP contribution >= 0.6 is 27.3 Å². The molecular formula is C21H17BrN2O5S. The summed E-state index contributed by atoms with van der Waals surface area (Å²) < 4.78 is 6.07. The molecule has 3 aromatic rings. The number of halogens is 1. The average molecular weight is 489 g/mol. The number of rotatable bonds is 7. The van der Waals surface area contributed by atoms with Gasteiger partial charge >= 0.3 is 5.97 Å². The molecule has 0 saturated carbocycles. The minimum atomic E-state index is -0.598. The van der Waals surface area contributed by atoms with Crippen molar-refractivity contribution in [3.05, 3.63) is 79.6 Å². The van der Waals surface area contributed by atoms with Gasteiger partial charge in [-0.05, 0) is 30.2 Å². The maximum absolute atomic E-state index is 12.6. The molecule has 0 unspecified atom stereocenters. The summed E-state index contributed by atoms with van der Waals surface area (Å²) in [6, 6.07) is 13.3. The molecule has 0 radical (unpaired) electrons. The van der Waals surface area contributed by atoms with E-state index in [0.717, 1.165) is 10.0 Å². The molecular weight excluding hydrogens is 472 g/mol. The Kier molecular flexibility index (Phi) is 6.96. The first kappa shape index (κ1) is 21.7. The zero-order chi connectivity index (χ0) is 21.7. The number of amides is 1. The van der Waals surface area contributed by atoms with Crippen molar-refractivity contribution in [2.75, 3.05) is 11.9 Å². The maximum atomic E-state index is 12.6. The van der Waals surface area contributed by atoms with Gasteiger partial charge in [-0.1, -0.05) is 40.2 Å². The first-order valence-electron chi connectivity index (χ1n) is 8.96. The Labute approximate surface area is 185 Å². The number of non-ortho nitro benzene ring substituents is 1. The number of esters is 1. The Morgan fingerprint density at radius 1 is 1.20 bits per heavy atom. The fourth-order valence-electron chi connectivity index (χ4n) is 2.81. The molecule has 7 nitrogen and oxygen atoms in total. The summed E-state index contributed by atoms with van der Waals surface area (Å²) in [7, 11) is 0. The molecule has 1 N–H and O–H groups in total. The van der Waals surface area contributed by atoms with Crippen LogP contribution in [0.25, 0.3) is 11.1 Å². The van der Waals surface area contributed by atoms with Crippen LogP contribution in [0.5, 0.6) is 0 Å². The number of hydrogen-bond acceptors (Lipinski definition) is 6. The molecule has 0 aliphatic carbocycles. The normalized spacial score (nSPS) is 10.5. The Morgan fingerprint density at radius 2 is 1.93 bits per heavy atom. The van der Waals surface area contributed by atoms with Gasteiger partial charge in [-0.2, -0.15) is 0 Å². The van der Waals surface area contributed by atoms with Crippen LogP contribution in [0.2, 0.25) is 0 Å². The van der Waals surface area contributed by atoms with Crippen LogP contribution in [-0.2, 0) is 16.0 Å². The second kappa shape index (κ2) is 9.64.